The number of anilines is 1. The van der Waals surface area contributed by atoms with Gasteiger partial charge in [-0.15, -0.1) is 0 Å². The molecule has 2 rings (SSSR count). The molecule has 1 heterocycles. The zero-order chi connectivity index (χ0) is 17.5. The number of rotatable bonds is 8. The van der Waals surface area contributed by atoms with Crippen molar-refractivity contribution in [2.45, 2.75) is 53.4 Å². The zero-order valence-corrected chi connectivity index (χ0v) is 15.8. The van der Waals surface area contributed by atoms with Crippen molar-refractivity contribution in [2.24, 2.45) is 5.92 Å². The van der Waals surface area contributed by atoms with E-state index in [9.17, 15) is 0 Å². The van der Waals surface area contributed by atoms with Gasteiger partial charge in [-0.3, -0.25) is 0 Å². The summed E-state index contributed by atoms with van der Waals surface area (Å²) in [5.74, 6) is 1.79. The van der Waals surface area contributed by atoms with Crippen molar-refractivity contribution in [3.05, 3.63) is 47.7 Å². The molecule has 0 aliphatic rings. The molecule has 0 saturated carbocycles. The van der Waals surface area contributed by atoms with Crippen molar-refractivity contribution in [3.8, 4) is 5.69 Å². The molecule has 1 aromatic carbocycles. The molecule has 0 bridgehead atoms. The van der Waals surface area contributed by atoms with Crippen LogP contribution in [0, 0.1) is 12.8 Å². The van der Waals surface area contributed by atoms with Gasteiger partial charge in [0, 0.05) is 12.6 Å². The van der Waals surface area contributed by atoms with E-state index in [1.165, 1.54) is 17.6 Å². The Labute approximate surface area is 146 Å². The number of hydrogen-bond acceptors (Lipinski definition) is 2. The number of aromatic nitrogens is 2. The van der Waals surface area contributed by atoms with Crippen LogP contribution in [-0.4, -0.2) is 16.8 Å². The van der Waals surface area contributed by atoms with Crippen molar-refractivity contribution in [1.29, 1.82) is 0 Å². The van der Waals surface area contributed by atoms with Gasteiger partial charge < -0.3 is 5.32 Å². The summed E-state index contributed by atoms with van der Waals surface area (Å²) in [6.07, 6.45) is 6.96. The normalized spacial score (nSPS) is 13.1. The second-order valence-electron chi connectivity index (χ2n) is 6.55. The highest BCUT2D eigenvalue weighted by atomic mass is 15.3. The highest BCUT2D eigenvalue weighted by Crippen LogP contribution is 2.30. The predicted octanol–water partition coefficient (Wildman–Crippen LogP) is 5.84. The quantitative estimate of drug-likeness (QED) is 0.660. The number of allylic oxidation sites excluding steroid dienone is 2. The second kappa shape index (κ2) is 8.72. The lowest BCUT2D eigenvalue weighted by atomic mass is 9.98. The number of hydrogen-bond donors (Lipinski definition) is 1. The monoisotopic (exact) mass is 325 g/mol. The molecule has 0 aliphatic carbocycles. The molecule has 1 unspecified atom stereocenters. The fourth-order valence-corrected chi connectivity index (χ4v) is 2.95. The smallest absolute Gasteiger partial charge is 0.133 e. The van der Waals surface area contributed by atoms with Crippen LogP contribution in [0.4, 0.5) is 5.82 Å². The van der Waals surface area contributed by atoms with Crippen LogP contribution in [0.1, 0.15) is 57.7 Å². The third-order valence-electron chi connectivity index (χ3n) is 4.65. The van der Waals surface area contributed by atoms with Crippen LogP contribution in [-0.2, 0) is 0 Å². The van der Waals surface area contributed by atoms with Crippen LogP contribution < -0.4 is 5.32 Å². The molecule has 2 aromatic rings. The van der Waals surface area contributed by atoms with Gasteiger partial charge in [-0.05, 0) is 43.4 Å². The van der Waals surface area contributed by atoms with Crippen molar-refractivity contribution in [2.75, 3.05) is 12.4 Å². The number of para-hydroxylation sites is 1. The number of nitrogens with zero attached hydrogens (tertiary/aromatic N) is 2. The Morgan fingerprint density at radius 1 is 1.25 bits per heavy atom. The first-order valence-corrected chi connectivity index (χ1v) is 9.14. The molecule has 3 nitrogen and oxygen atoms in total. The number of benzene rings is 1. The Balaban J connectivity index is 2.46. The first-order chi connectivity index (χ1) is 11.6. The lowest BCUT2D eigenvalue weighted by Crippen LogP contribution is -2.02. The van der Waals surface area contributed by atoms with E-state index in [-0.39, 0.29) is 0 Å². The summed E-state index contributed by atoms with van der Waals surface area (Å²) in [5, 5.41) is 8.29. The van der Waals surface area contributed by atoms with Crippen molar-refractivity contribution < 1.29 is 0 Å². The van der Waals surface area contributed by atoms with Crippen LogP contribution in [0.3, 0.4) is 0 Å². The average molecular weight is 326 g/mol. The molecule has 0 saturated heterocycles. The van der Waals surface area contributed by atoms with Gasteiger partial charge in [-0.25, -0.2) is 4.68 Å². The molecule has 0 aliphatic heterocycles. The van der Waals surface area contributed by atoms with E-state index in [1.54, 1.807) is 0 Å². The van der Waals surface area contributed by atoms with Crippen LogP contribution in [0.2, 0.25) is 0 Å². The lowest BCUT2D eigenvalue weighted by Gasteiger charge is -2.08. The molecule has 0 fully saturated rings. The second-order valence-corrected chi connectivity index (χ2v) is 6.55. The predicted molar refractivity (Wildman–Crippen MR) is 105 cm³/mol. The van der Waals surface area contributed by atoms with Crippen LogP contribution in [0.15, 0.2) is 36.4 Å². The van der Waals surface area contributed by atoms with Crippen LogP contribution in [0.5, 0.6) is 0 Å². The molecule has 0 radical (unpaired) electrons. The summed E-state index contributed by atoms with van der Waals surface area (Å²) in [5.41, 5.74) is 4.83. The molecule has 3 heteroatoms. The maximum atomic E-state index is 4.96. The first kappa shape index (κ1) is 18.3. The summed E-state index contributed by atoms with van der Waals surface area (Å²) in [6, 6.07) is 10.3. The summed E-state index contributed by atoms with van der Waals surface area (Å²) in [6.45, 7) is 8.97. The van der Waals surface area contributed by atoms with E-state index in [4.69, 9.17) is 5.10 Å². The van der Waals surface area contributed by atoms with Crippen LogP contribution >= 0.6 is 0 Å². The van der Waals surface area contributed by atoms with Crippen LogP contribution in [0.25, 0.3) is 11.3 Å². The zero-order valence-electron chi connectivity index (χ0n) is 15.8. The fraction of sp³-hybridized carbons (Fsp3) is 0.476. The van der Waals surface area contributed by atoms with Gasteiger partial charge in [0.2, 0.25) is 0 Å². The molecule has 130 valence electrons. The maximum absolute atomic E-state index is 4.96. The third-order valence-corrected chi connectivity index (χ3v) is 4.65. The van der Waals surface area contributed by atoms with Gasteiger partial charge in [-0.2, -0.15) is 5.10 Å². The Morgan fingerprint density at radius 3 is 2.54 bits per heavy atom. The Bertz CT molecular complexity index is 668. The SMILES string of the molecule is CCC/C(=C\CC(C)CC)c1nn(-c2ccccc2)c(NC)c1C. The topological polar surface area (TPSA) is 29.9 Å². The molecule has 1 aromatic heterocycles. The summed E-state index contributed by atoms with van der Waals surface area (Å²) >= 11 is 0. The van der Waals surface area contributed by atoms with Crippen molar-refractivity contribution >= 4 is 11.4 Å². The first-order valence-electron chi connectivity index (χ1n) is 9.14. The largest absolute Gasteiger partial charge is 0.373 e. The fourth-order valence-electron chi connectivity index (χ4n) is 2.95. The van der Waals surface area contributed by atoms with Crippen molar-refractivity contribution in [1.82, 2.24) is 9.78 Å². The molecular weight excluding hydrogens is 294 g/mol. The summed E-state index contributed by atoms with van der Waals surface area (Å²) in [7, 11) is 1.97. The molecule has 0 amide bonds. The van der Waals surface area contributed by atoms with Gasteiger partial charge in [0.25, 0.3) is 0 Å². The molecule has 24 heavy (non-hydrogen) atoms. The minimum Gasteiger partial charge on any atom is -0.373 e. The number of nitrogens with one attached hydrogen (secondary N) is 1. The van der Waals surface area contributed by atoms with E-state index in [1.807, 2.05) is 17.8 Å². The van der Waals surface area contributed by atoms with E-state index in [0.717, 1.165) is 42.4 Å². The molecular formula is C21H31N3. The molecule has 0 spiro atoms. The standard InChI is InChI=1S/C21H31N3/c1-6-11-18(15-14-16(3)7-2)20-17(4)21(22-5)24(23-20)19-12-9-8-10-13-19/h8-10,12-13,15-16,22H,6-7,11,14H2,1-5H3/b18-15+. The molecule has 1 atom stereocenters. The van der Waals surface area contributed by atoms with Gasteiger partial charge in [0.1, 0.15) is 5.82 Å². The highest BCUT2D eigenvalue weighted by Gasteiger charge is 2.17. The summed E-state index contributed by atoms with van der Waals surface area (Å²) < 4.78 is 2.03. The van der Waals surface area contributed by atoms with E-state index in [2.05, 4.69) is 63.4 Å². The van der Waals surface area contributed by atoms with Crippen molar-refractivity contribution in [3.63, 3.8) is 0 Å². The highest BCUT2D eigenvalue weighted by molar-refractivity contribution is 5.70. The Kier molecular flexibility index (Phi) is 6.65. The molecule has 1 N–H and O–H groups in total. The average Bonchev–Trinajstić information content (AvgIpc) is 2.95. The van der Waals surface area contributed by atoms with Gasteiger partial charge >= 0.3 is 0 Å². The van der Waals surface area contributed by atoms with E-state index < -0.39 is 0 Å². The Hall–Kier alpha value is -2.03. The van der Waals surface area contributed by atoms with E-state index in [0.29, 0.717) is 0 Å². The van der Waals surface area contributed by atoms with Gasteiger partial charge in [0.15, 0.2) is 0 Å². The minimum atomic E-state index is 0.720. The Morgan fingerprint density at radius 2 is 1.96 bits per heavy atom. The minimum absolute atomic E-state index is 0.720. The summed E-state index contributed by atoms with van der Waals surface area (Å²) in [4.78, 5) is 0. The van der Waals surface area contributed by atoms with Gasteiger partial charge in [0.05, 0.1) is 11.4 Å². The lowest BCUT2D eigenvalue weighted by molar-refractivity contribution is 0.572. The van der Waals surface area contributed by atoms with E-state index >= 15 is 0 Å². The maximum Gasteiger partial charge on any atom is 0.133 e. The third kappa shape index (κ3) is 4.08. The van der Waals surface area contributed by atoms with Gasteiger partial charge in [-0.1, -0.05) is 57.9 Å².